The molecule has 5 heteroatoms. The van der Waals surface area contributed by atoms with Crippen LogP contribution in [-0.2, 0) is 6.54 Å². The van der Waals surface area contributed by atoms with Crippen LogP contribution in [0.1, 0.15) is 17.2 Å². The van der Waals surface area contributed by atoms with E-state index in [1.807, 2.05) is 30.3 Å². The molecule has 2 atom stereocenters. The van der Waals surface area contributed by atoms with E-state index in [9.17, 15) is 14.6 Å². The van der Waals surface area contributed by atoms with Crippen LogP contribution in [0.15, 0.2) is 48.5 Å². The molecule has 0 aliphatic heterocycles. The van der Waals surface area contributed by atoms with Crippen LogP contribution in [0.25, 0.3) is 0 Å². The number of nitrogens with one attached hydrogen (secondary N) is 1. The Bertz CT molecular complexity index is 594. The summed E-state index contributed by atoms with van der Waals surface area (Å²) in [4.78, 5) is 0. The average molecular weight is 324 g/mol. The van der Waals surface area contributed by atoms with Gasteiger partial charge in [-0.3, -0.25) is 0 Å². The Balaban J connectivity index is 1.93. The lowest BCUT2D eigenvalue weighted by Gasteiger charge is -2.22. The summed E-state index contributed by atoms with van der Waals surface area (Å²) < 4.78 is 13.5. The van der Waals surface area contributed by atoms with E-state index in [1.54, 1.807) is 6.07 Å². The molecule has 0 amide bonds. The van der Waals surface area contributed by atoms with Crippen molar-refractivity contribution in [1.29, 1.82) is 0 Å². The molecule has 0 aliphatic carbocycles. The highest BCUT2D eigenvalue weighted by molar-refractivity contribution is 6.30. The van der Waals surface area contributed by atoms with E-state index in [1.165, 1.54) is 12.1 Å². The van der Waals surface area contributed by atoms with Gasteiger partial charge in [0, 0.05) is 25.6 Å². The van der Waals surface area contributed by atoms with E-state index in [2.05, 4.69) is 5.32 Å². The fourth-order valence-electron chi connectivity index (χ4n) is 2.24. The second-order valence-corrected chi connectivity index (χ2v) is 5.58. The monoisotopic (exact) mass is 323 g/mol. The van der Waals surface area contributed by atoms with Crippen molar-refractivity contribution in [2.45, 2.75) is 12.6 Å². The lowest BCUT2D eigenvalue weighted by Crippen LogP contribution is -2.29. The minimum absolute atomic E-state index is 0.0127. The Hall–Kier alpha value is -1.46. The molecule has 2 aromatic carbocycles. The van der Waals surface area contributed by atoms with Gasteiger partial charge >= 0.3 is 0 Å². The molecule has 0 aliphatic rings. The smallest absolute Gasteiger partial charge is 0.142 e. The molecular formula is C17H19ClFNO2. The van der Waals surface area contributed by atoms with Crippen LogP contribution in [0.5, 0.6) is 0 Å². The van der Waals surface area contributed by atoms with Crippen molar-refractivity contribution in [2.24, 2.45) is 5.92 Å². The number of aliphatic hydroxyl groups is 2. The Morgan fingerprint density at radius 1 is 1.14 bits per heavy atom. The van der Waals surface area contributed by atoms with E-state index in [0.717, 1.165) is 5.56 Å². The Kier molecular flexibility index (Phi) is 6.34. The maximum Gasteiger partial charge on any atom is 0.142 e. The van der Waals surface area contributed by atoms with Crippen LogP contribution >= 0.6 is 11.6 Å². The zero-order valence-electron chi connectivity index (χ0n) is 12.0. The molecule has 0 radical (unpaired) electrons. The molecule has 3 nitrogen and oxygen atoms in total. The fourth-order valence-corrected chi connectivity index (χ4v) is 2.36. The third-order valence-electron chi connectivity index (χ3n) is 3.54. The van der Waals surface area contributed by atoms with Gasteiger partial charge in [0.25, 0.3) is 0 Å². The topological polar surface area (TPSA) is 52.5 Å². The molecule has 2 aromatic rings. The predicted octanol–water partition coefficient (Wildman–Crippen LogP) is 2.91. The Labute approximate surface area is 134 Å². The average Bonchev–Trinajstić information content (AvgIpc) is 2.54. The minimum atomic E-state index is -0.958. The van der Waals surface area contributed by atoms with Gasteiger partial charge in [-0.15, -0.1) is 0 Å². The highest BCUT2D eigenvalue weighted by atomic mass is 35.5. The van der Waals surface area contributed by atoms with E-state index in [0.29, 0.717) is 18.7 Å². The first-order valence-corrected chi connectivity index (χ1v) is 7.48. The molecule has 0 bridgehead atoms. The van der Waals surface area contributed by atoms with Gasteiger partial charge in [0.2, 0.25) is 0 Å². The first kappa shape index (κ1) is 16.9. The summed E-state index contributed by atoms with van der Waals surface area (Å²) in [5.41, 5.74) is 1.52. The third kappa shape index (κ3) is 4.52. The summed E-state index contributed by atoms with van der Waals surface area (Å²) >= 11 is 5.63. The molecule has 22 heavy (non-hydrogen) atoms. The van der Waals surface area contributed by atoms with E-state index in [4.69, 9.17) is 11.6 Å². The molecule has 0 spiro atoms. The number of hydrogen-bond donors (Lipinski definition) is 3. The van der Waals surface area contributed by atoms with Gasteiger partial charge in [0.05, 0.1) is 11.1 Å². The van der Waals surface area contributed by atoms with E-state index < -0.39 is 17.8 Å². The van der Waals surface area contributed by atoms with E-state index in [-0.39, 0.29) is 11.6 Å². The first-order chi connectivity index (χ1) is 10.6. The fraction of sp³-hybridized carbons (Fsp3) is 0.294. The second-order valence-electron chi connectivity index (χ2n) is 5.18. The highest BCUT2D eigenvalue weighted by Crippen LogP contribution is 2.25. The zero-order valence-corrected chi connectivity index (χ0v) is 12.8. The molecule has 0 fully saturated rings. The van der Waals surface area contributed by atoms with Gasteiger partial charge < -0.3 is 15.5 Å². The molecule has 3 N–H and O–H groups in total. The van der Waals surface area contributed by atoms with Gasteiger partial charge in [-0.2, -0.15) is 0 Å². The lowest BCUT2D eigenvalue weighted by molar-refractivity contribution is 0.0661. The SMILES string of the molecule is OCC(CNCc1ccccc1)C(O)c1ccc(Cl)c(F)c1. The maximum absolute atomic E-state index is 13.5. The van der Waals surface area contributed by atoms with Gasteiger partial charge in [0.15, 0.2) is 0 Å². The standard InChI is InChI=1S/C17H19ClFNO2/c18-15-7-6-13(8-16(15)19)17(22)14(11-21)10-20-9-12-4-2-1-3-5-12/h1-8,14,17,20-22H,9-11H2. The summed E-state index contributed by atoms with van der Waals surface area (Å²) in [5, 5.41) is 22.9. The van der Waals surface area contributed by atoms with Crippen molar-refractivity contribution >= 4 is 11.6 Å². The Morgan fingerprint density at radius 2 is 1.86 bits per heavy atom. The third-order valence-corrected chi connectivity index (χ3v) is 3.85. The lowest BCUT2D eigenvalue weighted by atomic mass is 9.96. The van der Waals surface area contributed by atoms with Gasteiger partial charge in [-0.05, 0) is 23.3 Å². The molecule has 0 heterocycles. The molecular weight excluding hydrogens is 305 g/mol. The second kappa shape index (κ2) is 8.25. The van der Waals surface area contributed by atoms with Crippen molar-refractivity contribution in [3.8, 4) is 0 Å². The van der Waals surface area contributed by atoms with Gasteiger partial charge in [-0.1, -0.05) is 48.0 Å². The minimum Gasteiger partial charge on any atom is -0.396 e. The Morgan fingerprint density at radius 3 is 2.50 bits per heavy atom. The van der Waals surface area contributed by atoms with Crippen LogP contribution in [0.4, 0.5) is 4.39 Å². The van der Waals surface area contributed by atoms with Crippen LogP contribution < -0.4 is 5.32 Å². The number of halogens is 2. The largest absolute Gasteiger partial charge is 0.396 e. The summed E-state index contributed by atoms with van der Waals surface area (Å²) in [5.74, 6) is -1.00. The van der Waals surface area contributed by atoms with Crippen molar-refractivity contribution < 1.29 is 14.6 Å². The van der Waals surface area contributed by atoms with Crippen LogP contribution in [0.3, 0.4) is 0 Å². The normalized spacial score (nSPS) is 13.8. The maximum atomic E-state index is 13.5. The number of benzene rings is 2. The van der Waals surface area contributed by atoms with Crippen LogP contribution in [0, 0.1) is 11.7 Å². The van der Waals surface area contributed by atoms with Gasteiger partial charge in [0.1, 0.15) is 5.82 Å². The highest BCUT2D eigenvalue weighted by Gasteiger charge is 2.21. The molecule has 0 saturated carbocycles. The van der Waals surface area contributed by atoms with E-state index >= 15 is 0 Å². The molecule has 2 rings (SSSR count). The summed E-state index contributed by atoms with van der Waals surface area (Å²) in [6.07, 6.45) is -0.958. The van der Waals surface area contributed by atoms with Crippen molar-refractivity contribution in [1.82, 2.24) is 5.32 Å². The number of rotatable bonds is 7. The molecule has 0 saturated heterocycles. The number of hydrogen-bond acceptors (Lipinski definition) is 3. The van der Waals surface area contributed by atoms with Crippen LogP contribution in [-0.4, -0.2) is 23.4 Å². The van der Waals surface area contributed by atoms with Gasteiger partial charge in [-0.25, -0.2) is 4.39 Å². The number of aliphatic hydroxyl groups excluding tert-OH is 2. The van der Waals surface area contributed by atoms with Crippen molar-refractivity contribution in [2.75, 3.05) is 13.2 Å². The summed E-state index contributed by atoms with van der Waals surface area (Å²) in [6.45, 7) is 0.850. The first-order valence-electron chi connectivity index (χ1n) is 7.10. The zero-order chi connectivity index (χ0) is 15.9. The van der Waals surface area contributed by atoms with Crippen LogP contribution in [0.2, 0.25) is 5.02 Å². The van der Waals surface area contributed by atoms with Crippen molar-refractivity contribution in [3.05, 3.63) is 70.5 Å². The molecule has 2 unspecified atom stereocenters. The predicted molar refractivity (Wildman–Crippen MR) is 85.1 cm³/mol. The quantitative estimate of drug-likeness (QED) is 0.734. The summed E-state index contributed by atoms with van der Waals surface area (Å²) in [6, 6.07) is 14.0. The molecule has 118 valence electrons. The van der Waals surface area contributed by atoms with Crippen molar-refractivity contribution in [3.63, 3.8) is 0 Å². The molecule has 0 aromatic heterocycles. The summed E-state index contributed by atoms with van der Waals surface area (Å²) in [7, 11) is 0.